The molecule has 4 aromatic rings. The number of aryl methyl sites for hydroxylation is 1. The van der Waals surface area contributed by atoms with Crippen LogP contribution >= 0.6 is 11.3 Å². The molecule has 1 aromatic heterocycles. The predicted molar refractivity (Wildman–Crippen MR) is 179 cm³/mol. The highest BCUT2D eigenvalue weighted by atomic mass is 32.1. The second kappa shape index (κ2) is 11.1. The Hall–Kier alpha value is -4.88. The first-order valence-corrected chi connectivity index (χ1v) is 17.0. The van der Waals surface area contributed by atoms with E-state index in [2.05, 4.69) is 6.08 Å². The maximum Gasteiger partial charge on any atom is 0.234 e. The fraction of sp³-hybridized carbons (Fsp3) is 0.250. The van der Waals surface area contributed by atoms with Crippen LogP contribution in [0.3, 0.4) is 0 Å². The Morgan fingerprint density at radius 1 is 0.872 bits per heavy atom. The Labute approximate surface area is 277 Å². The second-order valence-corrected chi connectivity index (χ2v) is 14.2. The molecule has 0 spiro atoms. The van der Waals surface area contributed by atoms with E-state index in [-0.39, 0.29) is 42.1 Å². The number of hydrogen-bond donors (Lipinski definition) is 1. The average Bonchev–Trinajstić information content (AvgIpc) is 3.70. The van der Waals surface area contributed by atoms with Crippen molar-refractivity contribution in [3.63, 3.8) is 0 Å². The van der Waals surface area contributed by atoms with Gasteiger partial charge in [-0.15, -0.1) is 11.3 Å². The van der Waals surface area contributed by atoms with E-state index in [1.165, 1.54) is 22.3 Å². The summed E-state index contributed by atoms with van der Waals surface area (Å²) in [5.74, 6) is -3.44. The lowest BCUT2D eigenvalue weighted by Crippen LogP contribution is -2.58. The van der Waals surface area contributed by atoms with Crippen LogP contribution in [0, 0.1) is 30.6 Å². The van der Waals surface area contributed by atoms with Gasteiger partial charge in [-0.1, -0.05) is 90.5 Å². The second-order valence-electron chi connectivity index (χ2n) is 13.2. The lowest BCUT2D eigenvalue weighted by atomic mass is 9.44. The molecule has 1 saturated carbocycles. The number of phenols is 1. The molecule has 1 saturated heterocycles. The zero-order valence-corrected chi connectivity index (χ0v) is 26.7. The van der Waals surface area contributed by atoms with Crippen molar-refractivity contribution < 1.29 is 24.3 Å². The van der Waals surface area contributed by atoms with E-state index in [1.807, 2.05) is 97.2 Å². The van der Waals surface area contributed by atoms with Gasteiger partial charge in [0.05, 0.1) is 23.8 Å². The molecular weight excluding hydrogens is 607 g/mol. The van der Waals surface area contributed by atoms with Crippen molar-refractivity contribution in [2.45, 2.75) is 37.6 Å². The molecule has 0 bridgehead atoms. The van der Waals surface area contributed by atoms with Gasteiger partial charge in [-0.25, -0.2) is 0 Å². The first-order chi connectivity index (χ1) is 22.8. The molecule has 4 aliphatic rings. The molecule has 0 radical (unpaired) electrons. The van der Waals surface area contributed by atoms with E-state index in [0.717, 1.165) is 21.6 Å². The number of allylic oxidation sites excluding steroid dienone is 4. The van der Waals surface area contributed by atoms with E-state index in [1.54, 1.807) is 6.07 Å². The highest BCUT2D eigenvalue weighted by Gasteiger charge is 2.65. The van der Waals surface area contributed by atoms with E-state index >= 15 is 4.79 Å². The Morgan fingerprint density at radius 2 is 1.62 bits per heavy atom. The van der Waals surface area contributed by atoms with Gasteiger partial charge in [0.15, 0.2) is 11.6 Å². The molecular formula is C40H33NO5S. The van der Waals surface area contributed by atoms with Gasteiger partial charge in [-0.3, -0.25) is 24.1 Å². The lowest BCUT2D eigenvalue weighted by Gasteiger charge is -2.55. The minimum atomic E-state index is -1.28. The number of phenolic OH excluding ortho intramolecular Hbond substituents is 1. The van der Waals surface area contributed by atoms with Crippen LogP contribution in [0.5, 0.6) is 5.75 Å². The number of ketones is 2. The molecule has 2 heterocycles. The summed E-state index contributed by atoms with van der Waals surface area (Å²) in [5.41, 5.74) is 2.90. The number of carbonyl (C=O) groups excluding carboxylic acids is 4. The summed E-state index contributed by atoms with van der Waals surface area (Å²) >= 11 is 1.51. The predicted octanol–water partition coefficient (Wildman–Crippen LogP) is 6.79. The van der Waals surface area contributed by atoms with Gasteiger partial charge < -0.3 is 5.11 Å². The van der Waals surface area contributed by atoms with Gasteiger partial charge in [-0.2, -0.15) is 0 Å². The van der Waals surface area contributed by atoms with Gasteiger partial charge in [0.2, 0.25) is 11.8 Å². The van der Waals surface area contributed by atoms with Crippen molar-refractivity contribution in [3.8, 4) is 5.75 Å². The average molecular weight is 640 g/mol. The number of nitrogens with zero attached hydrogens (tertiary/aromatic N) is 1. The lowest BCUT2D eigenvalue weighted by molar-refractivity contribution is -0.141. The van der Waals surface area contributed by atoms with Crippen molar-refractivity contribution >= 4 is 40.3 Å². The molecule has 2 amide bonds. The molecule has 1 aliphatic heterocycles. The number of Topliss-reactive ketones (excluding diaryl/α,β-unsaturated/α-hetero) is 1. The van der Waals surface area contributed by atoms with Gasteiger partial charge in [0.1, 0.15) is 5.75 Å². The highest BCUT2D eigenvalue weighted by Crippen LogP contribution is 2.63. The van der Waals surface area contributed by atoms with Crippen molar-refractivity contribution in [1.82, 2.24) is 4.90 Å². The largest absolute Gasteiger partial charge is 0.508 e. The number of carbonyl (C=O) groups is 4. The summed E-state index contributed by atoms with van der Waals surface area (Å²) in [5, 5.41) is 12.5. The van der Waals surface area contributed by atoms with E-state index in [9.17, 15) is 19.5 Å². The molecule has 8 rings (SSSR count). The molecule has 3 aromatic carbocycles. The van der Waals surface area contributed by atoms with Crippen LogP contribution in [0.25, 0.3) is 5.57 Å². The zero-order valence-electron chi connectivity index (χ0n) is 25.8. The number of imide groups is 1. The molecule has 47 heavy (non-hydrogen) atoms. The van der Waals surface area contributed by atoms with Crippen LogP contribution in [0.15, 0.2) is 114 Å². The monoisotopic (exact) mass is 639 g/mol. The van der Waals surface area contributed by atoms with Gasteiger partial charge in [0, 0.05) is 22.3 Å². The number of hydrogen-bond acceptors (Lipinski definition) is 6. The third kappa shape index (κ3) is 4.36. The topological polar surface area (TPSA) is 91.8 Å². The number of fused-ring (bicyclic) bond motifs is 4. The van der Waals surface area contributed by atoms with Crippen molar-refractivity contribution in [1.29, 1.82) is 0 Å². The standard InChI is InChI=1S/C40H33NO5S/c1-23-19-25(14-17-33(23)42)36-28-15-16-29-35(39(46)41(38(29)45)22-27-13-8-18-47-27)31(28)20-32-37(44)30(24-9-4-2-5-10-24)21-34(43)40(32,36)26-11-6-3-7-12-26/h2-15,17-19,21,29,31-32,35-36,42H,16,20,22H2,1H3. The third-order valence-electron chi connectivity index (χ3n) is 10.9. The molecule has 2 fully saturated rings. The molecule has 1 N–H and O–H groups in total. The van der Waals surface area contributed by atoms with Crippen molar-refractivity contribution in [2.75, 3.05) is 0 Å². The SMILES string of the molecule is Cc1cc(C2C3=CCC4C(=O)N(Cc5cccs5)C(=O)C4C3CC3C(=O)C(c4ccccc4)=CC(=O)C32c2ccccc2)ccc1O. The van der Waals surface area contributed by atoms with Crippen LogP contribution < -0.4 is 0 Å². The minimum absolute atomic E-state index is 0.131. The third-order valence-corrected chi connectivity index (χ3v) is 11.8. The molecule has 7 heteroatoms. The molecule has 6 atom stereocenters. The smallest absolute Gasteiger partial charge is 0.234 e. The number of rotatable bonds is 5. The molecule has 234 valence electrons. The number of benzene rings is 3. The number of amides is 2. The molecule has 6 nitrogen and oxygen atoms in total. The summed E-state index contributed by atoms with van der Waals surface area (Å²) in [6.45, 7) is 2.06. The maximum absolute atomic E-state index is 15.0. The van der Waals surface area contributed by atoms with Gasteiger partial charge in [-0.05, 0) is 71.5 Å². The van der Waals surface area contributed by atoms with Crippen molar-refractivity contribution in [2.24, 2.45) is 23.7 Å². The number of aromatic hydroxyl groups is 1. The molecule has 3 aliphatic carbocycles. The Balaban J connectivity index is 1.35. The zero-order chi connectivity index (χ0) is 32.4. The highest BCUT2D eigenvalue weighted by molar-refractivity contribution is 7.09. The van der Waals surface area contributed by atoms with Crippen LogP contribution in [-0.4, -0.2) is 33.4 Å². The summed E-state index contributed by atoms with van der Waals surface area (Å²) < 4.78 is 0. The minimum Gasteiger partial charge on any atom is -0.508 e. The maximum atomic E-state index is 15.0. The number of thiophene rings is 1. The van der Waals surface area contributed by atoms with E-state index in [0.29, 0.717) is 23.1 Å². The fourth-order valence-corrected chi connectivity index (χ4v) is 9.58. The first kappa shape index (κ1) is 29.5. The Bertz CT molecular complexity index is 2000. The van der Waals surface area contributed by atoms with Gasteiger partial charge >= 0.3 is 0 Å². The van der Waals surface area contributed by atoms with Crippen LogP contribution in [0.1, 0.15) is 45.9 Å². The van der Waals surface area contributed by atoms with Gasteiger partial charge in [0.25, 0.3) is 0 Å². The Kier molecular flexibility index (Phi) is 6.99. The first-order valence-electron chi connectivity index (χ1n) is 16.1. The summed E-state index contributed by atoms with van der Waals surface area (Å²) in [6, 6.07) is 28.0. The Morgan fingerprint density at radius 3 is 2.32 bits per heavy atom. The summed E-state index contributed by atoms with van der Waals surface area (Å²) in [4.78, 5) is 60.4. The van der Waals surface area contributed by atoms with E-state index < -0.39 is 35.0 Å². The normalized spacial score (nSPS) is 28.4. The fourth-order valence-electron chi connectivity index (χ4n) is 8.89. The molecule has 6 unspecified atom stereocenters. The van der Waals surface area contributed by atoms with Crippen LogP contribution in [-0.2, 0) is 31.1 Å². The summed E-state index contributed by atoms with van der Waals surface area (Å²) in [7, 11) is 0. The number of likely N-dealkylation sites (tertiary alicyclic amines) is 1. The quantitative estimate of drug-likeness (QED) is 0.192. The summed E-state index contributed by atoms with van der Waals surface area (Å²) in [6.07, 6.45) is 4.27. The van der Waals surface area contributed by atoms with E-state index in [4.69, 9.17) is 0 Å². The van der Waals surface area contributed by atoms with Crippen LogP contribution in [0.4, 0.5) is 0 Å². The van der Waals surface area contributed by atoms with Crippen molar-refractivity contribution in [3.05, 3.63) is 141 Å². The van der Waals surface area contributed by atoms with Crippen LogP contribution in [0.2, 0.25) is 0 Å².